The SMILES string of the molecule is CCc1ccc(CNC(=NC)NCc2ccc(OCCCN(C)C)cc2)s1. The molecule has 5 nitrogen and oxygen atoms in total. The van der Waals surface area contributed by atoms with Crippen LogP contribution in [0.3, 0.4) is 0 Å². The van der Waals surface area contributed by atoms with Crippen molar-refractivity contribution in [3.05, 3.63) is 51.7 Å². The Bertz CT molecular complexity index is 694. The second-order valence-corrected chi connectivity index (χ2v) is 7.90. The molecular weight excluding hydrogens is 356 g/mol. The first-order valence-electron chi connectivity index (χ1n) is 9.49. The number of aliphatic imine (C=N–C) groups is 1. The molecule has 2 N–H and O–H groups in total. The molecule has 2 rings (SSSR count). The second kappa shape index (κ2) is 11.6. The Morgan fingerprint density at radius 2 is 1.74 bits per heavy atom. The second-order valence-electron chi connectivity index (χ2n) is 6.65. The highest BCUT2D eigenvalue weighted by Crippen LogP contribution is 2.16. The number of hydrogen-bond acceptors (Lipinski definition) is 4. The van der Waals surface area contributed by atoms with E-state index in [1.54, 1.807) is 7.05 Å². The minimum Gasteiger partial charge on any atom is -0.494 e. The van der Waals surface area contributed by atoms with E-state index in [1.807, 2.05) is 23.5 Å². The lowest BCUT2D eigenvalue weighted by molar-refractivity contribution is 0.281. The van der Waals surface area contributed by atoms with E-state index >= 15 is 0 Å². The summed E-state index contributed by atoms with van der Waals surface area (Å²) < 4.78 is 5.77. The summed E-state index contributed by atoms with van der Waals surface area (Å²) in [5, 5.41) is 6.73. The van der Waals surface area contributed by atoms with Gasteiger partial charge >= 0.3 is 0 Å². The molecule has 0 fully saturated rings. The topological polar surface area (TPSA) is 48.9 Å². The standard InChI is InChI=1S/C21H32N4OS/c1-5-19-11-12-20(27-19)16-24-21(22-2)23-15-17-7-9-18(10-8-17)26-14-6-13-25(3)4/h7-12H,5-6,13-16H2,1-4H3,(H2,22,23,24). The lowest BCUT2D eigenvalue weighted by atomic mass is 10.2. The molecule has 0 aliphatic heterocycles. The fourth-order valence-corrected chi connectivity index (χ4v) is 3.46. The maximum Gasteiger partial charge on any atom is 0.191 e. The molecule has 1 heterocycles. The van der Waals surface area contributed by atoms with Crippen LogP contribution in [0.1, 0.15) is 28.7 Å². The first-order valence-corrected chi connectivity index (χ1v) is 10.3. The number of aryl methyl sites for hydroxylation is 1. The van der Waals surface area contributed by atoms with Gasteiger partial charge in [-0.2, -0.15) is 0 Å². The number of benzene rings is 1. The molecule has 0 aliphatic rings. The maximum absolute atomic E-state index is 5.77. The normalized spacial score (nSPS) is 11.7. The van der Waals surface area contributed by atoms with Crippen LogP contribution in [0.2, 0.25) is 0 Å². The van der Waals surface area contributed by atoms with Gasteiger partial charge in [-0.3, -0.25) is 4.99 Å². The van der Waals surface area contributed by atoms with Crippen LogP contribution >= 0.6 is 11.3 Å². The molecule has 148 valence electrons. The predicted molar refractivity (Wildman–Crippen MR) is 116 cm³/mol. The van der Waals surface area contributed by atoms with E-state index in [0.29, 0.717) is 0 Å². The van der Waals surface area contributed by atoms with Gasteiger partial charge in [-0.25, -0.2) is 0 Å². The number of nitrogens with zero attached hydrogens (tertiary/aromatic N) is 2. The summed E-state index contributed by atoms with van der Waals surface area (Å²) in [5.74, 6) is 1.73. The van der Waals surface area contributed by atoms with Gasteiger partial charge in [-0.15, -0.1) is 11.3 Å². The zero-order valence-corrected chi connectivity index (χ0v) is 17.7. The molecule has 0 aliphatic carbocycles. The molecule has 0 radical (unpaired) electrons. The van der Waals surface area contributed by atoms with Crippen molar-refractivity contribution in [2.75, 3.05) is 34.3 Å². The number of thiophene rings is 1. The van der Waals surface area contributed by atoms with Gasteiger partial charge in [-0.1, -0.05) is 19.1 Å². The molecule has 0 unspecified atom stereocenters. The first kappa shape index (κ1) is 21.3. The largest absolute Gasteiger partial charge is 0.494 e. The number of nitrogens with one attached hydrogen (secondary N) is 2. The van der Waals surface area contributed by atoms with E-state index in [9.17, 15) is 0 Å². The third-order valence-electron chi connectivity index (χ3n) is 4.12. The third-order valence-corrected chi connectivity index (χ3v) is 5.35. The molecule has 0 saturated heterocycles. The number of rotatable bonds is 10. The van der Waals surface area contributed by atoms with E-state index in [1.165, 1.54) is 15.3 Å². The van der Waals surface area contributed by atoms with Gasteiger partial charge < -0.3 is 20.3 Å². The van der Waals surface area contributed by atoms with Crippen LogP contribution in [-0.2, 0) is 19.5 Å². The van der Waals surface area contributed by atoms with Crippen molar-refractivity contribution in [2.24, 2.45) is 4.99 Å². The van der Waals surface area contributed by atoms with Crippen LogP contribution < -0.4 is 15.4 Å². The van der Waals surface area contributed by atoms with Crippen LogP contribution in [-0.4, -0.2) is 45.2 Å². The summed E-state index contributed by atoms with van der Waals surface area (Å²) in [6.07, 6.45) is 2.12. The van der Waals surface area contributed by atoms with Gasteiger partial charge in [0.05, 0.1) is 13.2 Å². The first-order chi connectivity index (χ1) is 13.1. The van der Waals surface area contributed by atoms with Crippen molar-refractivity contribution >= 4 is 17.3 Å². The Morgan fingerprint density at radius 3 is 2.37 bits per heavy atom. The quantitative estimate of drug-likeness (QED) is 0.372. The number of hydrogen-bond donors (Lipinski definition) is 2. The highest BCUT2D eigenvalue weighted by molar-refractivity contribution is 7.11. The Morgan fingerprint density at radius 1 is 1.04 bits per heavy atom. The molecule has 0 bridgehead atoms. The van der Waals surface area contributed by atoms with Crippen LogP contribution in [0, 0.1) is 0 Å². The van der Waals surface area contributed by atoms with E-state index in [2.05, 4.69) is 65.8 Å². The van der Waals surface area contributed by atoms with Gasteiger partial charge in [0.1, 0.15) is 5.75 Å². The third kappa shape index (κ3) is 8.01. The van der Waals surface area contributed by atoms with Crippen molar-refractivity contribution in [1.29, 1.82) is 0 Å². The molecule has 1 aromatic carbocycles. The molecule has 27 heavy (non-hydrogen) atoms. The average Bonchev–Trinajstić information content (AvgIpc) is 3.14. The molecule has 6 heteroatoms. The Kier molecular flexibility index (Phi) is 9.15. The van der Waals surface area contributed by atoms with E-state index in [4.69, 9.17) is 4.74 Å². The van der Waals surface area contributed by atoms with Gasteiger partial charge in [-0.05, 0) is 56.8 Å². The molecule has 0 atom stereocenters. The summed E-state index contributed by atoms with van der Waals surface area (Å²) >= 11 is 1.85. The van der Waals surface area contributed by atoms with Crippen LogP contribution in [0.15, 0.2) is 41.4 Å². The monoisotopic (exact) mass is 388 g/mol. The summed E-state index contributed by atoms with van der Waals surface area (Å²) in [4.78, 5) is 9.20. The van der Waals surface area contributed by atoms with Gasteiger partial charge in [0.15, 0.2) is 5.96 Å². The van der Waals surface area contributed by atoms with Gasteiger partial charge in [0, 0.05) is 29.9 Å². The minimum atomic E-state index is 0.727. The predicted octanol–water partition coefficient (Wildman–Crippen LogP) is 3.51. The summed E-state index contributed by atoms with van der Waals surface area (Å²) in [6.45, 7) is 5.49. The highest BCUT2D eigenvalue weighted by Gasteiger charge is 2.02. The van der Waals surface area contributed by atoms with Gasteiger partial charge in [0.25, 0.3) is 0 Å². The van der Waals surface area contributed by atoms with Crippen molar-refractivity contribution in [3.8, 4) is 5.75 Å². The Hall–Kier alpha value is -2.05. The zero-order valence-electron chi connectivity index (χ0n) is 16.9. The lowest BCUT2D eigenvalue weighted by Crippen LogP contribution is -2.36. The van der Waals surface area contributed by atoms with Crippen molar-refractivity contribution in [1.82, 2.24) is 15.5 Å². The van der Waals surface area contributed by atoms with Crippen molar-refractivity contribution in [2.45, 2.75) is 32.9 Å². The fraction of sp³-hybridized carbons (Fsp3) is 0.476. The summed E-state index contributed by atoms with van der Waals surface area (Å²) in [6, 6.07) is 12.6. The molecule has 1 aromatic heterocycles. The van der Waals surface area contributed by atoms with Gasteiger partial charge in [0.2, 0.25) is 0 Å². The number of ether oxygens (including phenoxy) is 1. The van der Waals surface area contributed by atoms with Crippen molar-refractivity contribution in [3.63, 3.8) is 0 Å². The van der Waals surface area contributed by atoms with E-state index in [-0.39, 0.29) is 0 Å². The van der Waals surface area contributed by atoms with Crippen LogP contribution in [0.5, 0.6) is 5.75 Å². The Labute approximate surface area is 167 Å². The molecule has 2 aromatic rings. The zero-order chi connectivity index (χ0) is 19.5. The molecular formula is C21H32N4OS. The van der Waals surface area contributed by atoms with Crippen LogP contribution in [0.25, 0.3) is 0 Å². The smallest absolute Gasteiger partial charge is 0.191 e. The van der Waals surface area contributed by atoms with Crippen LogP contribution in [0.4, 0.5) is 0 Å². The molecule has 0 amide bonds. The van der Waals surface area contributed by atoms with E-state index < -0.39 is 0 Å². The highest BCUT2D eigenvalue weighted by atomic mass is 32.1. The fourth-order valence-electron chi connectivity index (χ4n) is 2.56. The molecule has 0 saturated carbocycles. The average molecular weight is 389 g/mol. The van der Waals surface area contributed by atoms with E-state index in [0.717, 1.165) is 50.8 Å². The summed E-state index contributed by atoms with van der Waals surface area (Å²) in [5.41, 5.74) is 1.20. The number of guanidine groups is 1. The summed E-state index contributed by atoms with van der Waals surface area (Å²) in [7, 11) is 5.95. The maximum atomic E-state index is 5.77. The van der Waals surface area contributed by atoms with Crippen molar-refractivity contribution < 1.29 is 4.74 Å². The lowest BCUT2D eigenvalue weighted by Gasteiger charge is -2.12. The Balaban J connectivity index is 1.72. The molecule has 0 spiro atoms. The minimum absolute atomic E-state index is 0.727.